The molecular formula is C10H12BrNO3. The van der Waals surface area contributed by atoms with E-state index < -0.39 is 12.1 Å². The number of hydrogen-bond acceptors (Lipinski definition) is 3. The van der Waals surface area contributed by atoms with Crippen LogP contribution < -0.4 is 5.32 Å². The van der Waals surface area contributed by atoms with Gasteiger partial charge in [0, 0.05) is 10.2 Å². The Labute approximate surface area is 96.1 Å². The van der Waals surface area contributed by atoms with Crippen molar-refractivity contribution in [1.82, 2.24) is 0 Å². The van der Waals surface area contributed by atoms with Gasteiger partial charge in [0.15, 0.2) is 6.10 Å². The molecule has 1 aromatic carbocycles. The predicted molar refractivity (Wildman–Crippen MR) is 61.0 cm³/mol. The Morgan fingerprint density at radius 2 is 2.27 bits per heavy atom. The van der Waals surface area contributed by atoms with Gasteiger partial charge in [0.2, 0.25) is 0 Å². The number of aliphatic hydroxyl groups is 1. The minimum atomic E-state index is -1.39. The second-order valence-electron chi connectivity index (χ2n) is 3.22. The van der Waals surface area contributed by atoms with Gasteiger partial charge in [0.25, 0.3) is 0 Å². The molecule has 0 aliphatic carbocycles. The lowest BCUT2D eigenvalue weighted by atomic mass is 10.2. The van der Waals surface area contributed by atoms with E-state index in [0.29, 0.717) is 0 Å². The van der Waals surface area contributed by atoms with Crippen LogP contribution in [-0.4, -0.2) is 28.8 Å². The minimum absolute atomic E-state index is 0.0169. The molecule has 1 unspecified atom stereocenters. The van der Waals surface area contributed by atoms with E-state index >= 15 is 0 Å². The number of hydrogen-bond donors (Lipinski definition) is 3. The van der Waals surface area contributed by atoms with Gasteiger partial charge in [-0.15, -0.1) is 0 Å². The zero-order valence-corrected chi connectivity index (χ0v) is 9.78. The summed E-state index contributed by atoms with van der Waals surface area (Å²) >= 11 is 3.34. The summed E-state index contributed by atoms with van der Waals surface area (Å²) in [5.74, 6) is -1.23. The topological polar surface area (TPSA) is 69.6 Å². The summed E-state index contributed by atoms with van der Waals surface area (Å²) in [6.07, 6.45) is -1.39. The van der Waals surface area contributed by atoms with Crippen LogP contribution >= 0.6 is 15.9 Å². The Balaban J connectivity index is 2.62. The lowest BCUT2D eigenvalue weighted by Gasteiger charge is -2.10. The van der Waals surface area contributed by atoms with Crippen molar-refractivity contribution in [3.05, 3.63) is 28.2 Å². The number of anilines is 1. The van der Waals surface area contributed by atoms with E-state index in [1.165, 1.54) is 0 Å². The van der Waals surface area contributed by atoms with Crippen LogP contribution in [0.2, 0.25) is 0 Å². The number of nitrogens with one attached hydrogen (secondary N) is 1. The average Bonchev–Trinajstić information content (AvgIpc) is 2.15. The molecule has 82 valence electrons. The number of rotatable bonds is 4. The number of carbonyl (C=O) groups is 1. The molecule has 0 bridgehead atoms. The van der Waals surface area contributed by atoms with Crippen LogP contribution in [0, 0.1) is 6.92 Å². The molecule has 0 radical (unpaired) electrons. The van der Waals surface area contributed by atoms with Crippen molar-refractivity contribution in [3.8, 4) is 0 Å². The Morgan fingerprint density at radius 1 is 1.60 bits per heavy atom. The molecular weight excluding hydrogens is 262 g/mol. The van der Waals surface area contributed by atoms with Crippen molar-refractivity contribution in [1.29, 1.82) is 0 Å². The van der Waals surface area contributed by atoms with E-state index in [0.717, 1.165) is 15.7 Å². The fraction of sp³-hybridized carbons (Fsp3) is 0.300. The second kappa shape index (κ2) is 5.14. The number of halogens is 1. The van der Waals surface area contributed by atoms with Gasteiger partial charge in [-0.05, 0) is 40.5 Å². The molecule has 1 rings (SSSR count). The molecule has 0 saturated carbocycles. The van der Waals surface area contributed by atoms with E-state index in [2.05, 4.69) is 21.2 Å². The van der Waals surface area contributed by atoms with E-state index in [4.69, 9.17) is 10.2 Å². The first-order valence-electron chi connectivity index (χ1n) is 4.41. The molecule has 5 heteroatoms. The molecule has 15 heavy (non-hydrogen) atoms. The highest BCUT2D eigenvalue weighted by atomic mass is 79.9. The zero-order valence-electron chi connectivity index (χ0n) is 8.20. The Morgan fingerprint density at radius 3 is 2.80 bits per heavy atom. The van der Waals surface area contributed by atoms with Crippen molar-refractivity contribution in [3.63, 3.8) is 0 Å². The molecule has 0 spiro atoms. The Kier molecular flexibility index (Phi) is 4.11. The third-order valence-electron chi connectivity index (χ3n) is 1.90. The molecule has 1 atom stereocenters. The molecule has 0 amide bonds. The summed E-state index contributed by atoms with van der Waals surface area (Å²) < 4.78 is 0.847. The van der Waals surface area contributed by atoms with Crippen LogP contribution in [-0.2, 0) is 4.79 Å². The van der Waals surface area contributed by atoms with Crippen LogP contribution in [0.3, 0.4) is 0 Å². The zero-order chi connectivity index (χ0) is 11.4. The van der Waals surface area contributed by atoms with Crippen LogP contribution in [0.15, 0.2) is 22.7 Å². The maximum absolute atomic E-state index is 10.4. The van der Waals surface area contributed by atoms with Crippen molar-refractivity contribution in [2.45, 2.75) is 13.0 Å². The van der Waals surface area contributed by atoms with E-state index in [1.54, 1.807) is 0 Å². The van der Waals surface area contributed by atoms with Crippen LogP contribution in [0.4, 0.5) is 5.69 Å². The van der Waals surface area contributed by atoms with Gasteiger partial charge >= 0.3 is 5.97 Å². The SMILES string of the molecule is Cc1ccc(NCC(O)C(=O)O)c(Br)c1. The molecule has 0 saturated heterocycles. The number of aryl methyl sites for hydroxylation is 1. The quantitative estimate of drug-likeness (QED) is 0.780. The molecule has 1 aromatic rings. The summed E-state index contributed by atoms with van der Waals surface area (Å²) in [4.78, 5) is 10.4. The maximum Gasteiger partial charge on any atom is 0.334 e. The normalized spacial score (nSPS) is 12.2. The molecule has 0 aromatic heterocycles. The largest absolute Gasteiger partial charge is 0.479 e. The molecule has 0 aliphatic rings. The first-order valence-corrected chi connectivity index (χ1v) is 5.21. The average molecular weight is 274 g/mol. The summed E-state index contributed by atoms with van der Waals surface area (Å²) in [5, 5.41) is 20.4. The molecule has 0 fully saturated rings. The van der Waals surface area contributed by atoms with Gasteiger partial charge in [-0.3, -0.25) is 0 Å². The number of carboxylic acid groups (broad SMARTS) is 1. The van der Waals surface area contributed by atoms with Gasteiger partial charge in [0.1, 0.15) is 0 Å². The number of benzene rings is 1. The standard InChI is InChI=1S/C10H12BrNO3/c1-6-2-3-8(7(11)4-6)12-5-9(13)10(14)15/h2-4,9,12-13H,5H2,1H3,(H,14,15). The van der Waals surface area contributed by atoms with Crippen LogP contribution in [0.25, 0.3) is 0 Å². The monoisotopic (exact) mass is 273 g/mol. The van der Waals surface area contributed by atoms with Crippen molar-refractivity contribution >= 4 is 27.6 Å². The highest BCUT2D eigenvalue weighted by molar-refractivity contribution is 9.10. The van der Waals surface area contributed by atoms with Gasteiger partial charge in [-0.2, -0.15) is 0 Å². The fourth-order valence-corrected chi connectivity index (χ4v) is 1.69. The van der Waals surface area contributed by atoms with Crippen molar-refractivity contribution in [2.24, 2.45) is 0 Å². The van der Waals surface area contributed by atoms with Gasteiger partial charge < -0.3 is 15.5 Å². The van der Waals surface area contributed by atoms with Gasteiger partial charge in [-0.1, -0.05) is 6.07 Å². The number of aliphatic carboxylic acids is 1. The van der Waals surface area contributed by atoms with E-state index in [1.807, 2.05) is 25.1 Å². The summed E-state index contributed by atoms with van der Waals surface area (Å²) in [7, 11) is 0. The Bertz CT molecular complexity index is 368. The minimum Gasteiger partial charge on any atom is -0.479 e. The molecule has 0 heterocycles. The number of aliphatic hydroxyl groups excluding tert-OH is 1. The summed E-state index contributed by atoms with van der Waals surface area (Å²) in [6, 6.07) is 5.64. The van der Waals surface area contributed by atoms with E-state index in [9.17, 15) is 4.79 Å². The molecule has 0 aliphatic heterocycles. The van der Waals surface area contributed by atoms with Gasteiger partial charge in [-0.25, -0.2) is 4.79 Å². The van der Waals surface area contributed by atoms with Crippen molar-refractivity contribution in [2.75, 3.05) is 11.9 Å². The van der Waals surface area contributed by atoms with Crippen LogP contribution in [0.1, 0.15) is 5.56 Å². The summed E-state index contributed by atoms with van der Waals surface area (Å²) in [5.41, 5.74) is 1.87. The lowest BCUT2D eigenvalue weighted by Crippen LogP contribution is -2.28. The highest BCUT2D eigenvalue weighted by Crippen LogP contribution is 2.23. The van der Waals surface area contributed by atoms with Crippen molar-refractivity contribution < 1.29 is 15.0 Å². The van der Waals surface area contributed by atoms with Gasteiger partial charge in [0.05, 0.1) is 6.54 Å². The first-order chi connectivity index (χ1) is 7.00. The predicted octanol–water partition coefficient (Wildman–Crippen LogP) is 1.61. The molecule has 3 N–H and O–H groups in total. The van der Waals surface area contributed by atoms with Crippen LogP contribution in [0.5, 0.6) is 0 Å². The molecule has 4 nitrogen and oxygen atoms in total. The third-order valence-corrected chi connectivity index (χ3v) is 2.55. The fourth-order valence-electron chi connectivity index (χ4n) is 1.06. The smallest absolute Gasteiger partial charge is 0.334 e. The number of carboxylic acids is 1. The second-order valence-corrected chi connectivity index (χ2v) is 4.07. The van der Waals surface area contributed by atoms with E-state index in [-0.39, 0.29) is 6.54 Å². The first kappa shape index (κ1) is 12.0. The lowest BCUT2D eigenvalue weighted by molar-refractivity contribution is -0.145. The highest BCUT2D eigenvalue weighted by Gasteiger charge is 2.12. The maximum atomic E-state index is 10.4. The summed E-state index contributed by atoms with van der Waals surface area (Å²) in [6.45, 7) is 1.94. The third kappa shape index (κ3) is 3.53. The Hall–Kier alpha value is -1.07.